The molecule has 0 heterocycles. The van der Waals surface area contributed by atoms with Gasteiger partial charge in [-0.1, -0.05) is 44.2 Å². The van der Waals surface area contributed by atoms with Crippen LogP contribution in [0.4, 0.5) is 4.39 Å². The summed E-state index contributed by atoms with van der Waals surface area (Å²) in [5.41, 5.74) is 1.31. The van der Waals surface area contributed by atoms with Crippen molar-refractivity contribution in [1.82, 2.24) is 4.72 Å². The lowest BCUT2D eigenvalue weighted by Gasteiger charge is -2.29. The van der Waals surface area contributed by atoms with Crippen molar-refractivity contribution in [2.75, 3.05) is 0 Å². The van der Waals surface area contributed by atoms with Crippen LogP contribution in [0, 0.1) is 12.7 Å². The van der Waals surface area contributed by atoms with Gasteiger partial charge in [0.25, 0.3) is 0 Å². The number of halogens is 1. The van der Waals surface area contributed by atoms with Gasteiger partial charge < -0.3 is 0 Å². The highest BCUT2D eigenvalue weighted by atomic mass is 32.2. The molecule has 0 aromatic heterocycles. The summed E-state index contributed by atoms with van der Waals surface area (Å²) in [4.78, 5) is 0.0887. The highest BCUT2D eigenvalue weighted by Crippen LogP contribution is 2.28. The first-order chi connectivity index (χ1) is 11.1. The number of sulfonamides is 1. The molecule has 1 atom stereocenters. The minimum Gasteiger partial charge on any atom is -0.208 e. The number of hydrogen-bond donors (Lipinski definition) is 1. The predicted octanol–water partition coefficient (Wildman–Crippen LogP) is 4.17. The molecule has 5 heteroatoms. The van der Waals surface area contributed by atoms with Crippen molar-refractivity contribution in [3.05, 3.63) is 65.5 Å². The van der Waals surface area contributed by atoms with Gasteiger partial charge in [0.1, 0.15) is 5.82 Å². The van der Waals surface area contributed by atoms with Gasteiger partial charge in [-0.25, -0.2) is 17.5 Å². The molecular formula is C19H24FNO2S. The summed E-state index contributed by atoms with van der Waals surface area (Å²) in [5.74, 6) is -0.410. The van der Waals surface area contributed by atoms with Crippen LogP contribution in [0.1, 0.15) is 38.3 Å². The minimum atomic E-state index is -3.67. The van der Waals surface area contributed by atoms with E-state index in [0.717, 1.165) is 5.56 Å². The van der Waals surface area contributed by atoms with Crippen molar-refractivity contribution in [3.8, 4) is 0 Å². The Bertz CT molecular complexity index is 801. The van der Waals surface area contributed by atoms with Crippen LogP contribution in [0.25, 0.3) is 0 Å². The third-order valence-corrected chi connectivity index (χ3v) is 5.76. The van der Waals surface area contributed by atoms with Crippen LogP contribution in [-0.2, 0) is 15.4 Å². The summed E-state index contributed by atoms with van der Waals surface area (Å²) >= 11 is 0. The van der Waals surface area contributed by atoms with E-state index >= 15 is 0 Å². The zero-order valence-electron chi connectivity index (χ0n) is 14.5. The first-order valence-corrected chi connectivity index (χ1v) is 9.44. The van der Waals surface area contributed by atoms with E-state index in [1.54, 1.807) is 6.92 Å². The van der Waals surface area contributed by atoms with E-state index in [-0.39, 0.29) is 16.4 Å². The Kier molecular flexibility index (Phi) is 5.45. The van der Waals surface area contributed by atoms with Crippen molar-refractivity contribution in [2.24, 2.45) is 0 Å². The van der Waals surface area contributed by atoms with Gasteiger partial charge in [-0.3, -0.25) is 0 Å². The lowest BCUT2D eigenvalue weighted by atomic mass is 9.79. The second kappa shape index (κ2) is 7.03. The predicted molar refractivity (Wildman–Crippen MR) is 95.0 cm³/mol. The molecule has 130 valence electrons. The van der Waals surface area contributed by atoms with Gasteiger partial charge in [0.2, 0.25) is 10.0 Å². The summed E-state index contributed by atoms with van der Waals surface area (Å²) in [6.07, 6.45) is 0.649. The molecule has 0 bridgehead atoms. The number of nitrogens with one attached hydrogen (secondary N) is 1. The quantitative estimate of drug-likeness (QED) is 0.851. The lowest BCUT2D eigenvalue weighted by molar-refractivity contribution is 0.418. The standard InChI is InChI=1S/C19H24FNO2S/c1-14-12-17(10-11-18(14)20)24(22,23)21-15(2)13-19(3,4)16-8-6-5-7-9-16/h5-12,15,21H,13H2,1-4H3/t15-/m0/s1. The largest absolute Gasteiger partial charge is 0.240 e. The number of rotatable bonds is 6. The highest BCUT2D eigenvalue weighted by molar-refractivity contribution is 7.89. The molecule has 0 aliphatic heterocycles. The van der Waals surface area contributed by atoms with Gasteiger partial charge >= 0.3 is 0 Å². The van der Waals surface area contributed by atoms with E-state index < -0.39 is 15.8 Å². The Morgan fingerprint density at radius 2 is 1.75 bits per heavy atom. The molecular weight excluding hydrogens is 325 g/mol. The smallest absolute Gasteiger partial charge is 0.208 e. The van der Waals surface area contributed by atoms with E-state index in [1.165, 1.54) is 18.2 Å². The molecule has 0 amide bonds. The van der Waals surface area contributed by atoms with E-state index in [4.69, 9.17) is 0 Å². The van der Waals surface area contributed by atoms with Crippen LogP contribution in [0.2, 0.25) is 0 Å². The molecule has 24 heavy (non-hydrogen) atoms. The van der Waals surface area contributed by atoms with Gasteiger partial charge in [-0.2, -0.15) is 0 Å². The molecule has 1 N–H and O–H groups in total. The molecule has 0 spiro atoms. The van der Waals surface area contributed by atoms with Crippen molar-refractivity contribution in [2.45, 2.75) is 50.5 Å². The molecule has 2 aromatic rings. The van der Waals surface area contributed by atoms with E-state index in [2.05, 4.69) is 18.6 Å². The van der Waals surface area contributed by atoms with E-state index in [9.17, 15) is 12.8 Å². The average Bonchev–Trinajstić information content (AvgIpc) is 2.49. The van der Waals surface area contributed by atoms with Gasteiger partial charge in [-0.15, -0.1) is 0 Å². The van der Waals surface area contributed by atoms with Gasteiger partial charge in [-0.05, 0) is 55.0 Å². The molecule has 0 aliphatic carbocycles. The molecule has 0 radical (unpaired) electrons. The fourth-order valence-electron chi connectivity index (χ4n) is 2.93. The summed E-state index contributed by atoms with van der Waals surface area (Å²) in [7, 11) is -3.67. The summed E-state index contributed by atoms with van der Waals surface area (Å²) < 4.78 is 41.0. The van der Waals surface area contributed by atoms with Gasteiger partial charge in [0.05, 0.1) is 4.90 Å². The molecule has 0 unspecified atom stereocenters. The number of aryl methyl sites for hydroxylation is 1. The molecule has 0 aliphatic rings. The Hall–Kier alpha value is -1.72. The SMILES string of the molecule is Cc1cc(S(=O)(=O)N[C@@H](C)CC(C)(C)c2ccccc2)ccc1F. The monoisotopic (exact) mass is 349 g/mol. The first kappa shape index (κ1) is 18.6. The second-order valence-electron chi connectivity index (χ2n) is 6.89. The van der Waals surface area contributed by atoms with E-state index in [0.29, 0.717) is 12.0 Å². The molecule has 0 fully saturated rings. The fourth-order valence-corrected chi connectivity index (χ4v) is 4.26. The normalized spacial score (nSPS) is 13.7. The van der Waals surface area contributed by atoms with Crippen molar-refractivity contribution < 1.29 is 12.8 Å². The zero-order valence-corrected chi connectivity index (χ0v) is 15.3. The topological polar surface area (TPSA) is 46.2 Å². The highest BCUT2D eigenvalue weighted by Gasteiger charge is 2.26. The van der Waals surface area contributed by atoms with Crippen LogP contribution >= 0.6 is 0 Å². The number of benzene rings is 2. The lowest BCUT2D eigenvalue weighted by Crippen LogP contribution is -2.37. The maximum absolute atomic E-state index is 13.3. The minimum absolute atomic E-state index is 0.0887. The van der Waals surface area contributed by atoms with Crippen molar-refractivity contribution in [1.29, 1.82) is 0 Å². The molecule has 3 nitrogen and oxygen atoms in total. The summed E-state index contributed by atoms with van der Waals surface area (Å²) in [6, 6.07) is 13.6. The third kappa shape index (κ3) is 4.42. The van der Waals surface area contributed by atoms with Gasteiger partial charge in [0.15, 0.2) is 0 Å². The molecule has 2 rings (SSSR count). The van der Waals surface area contributed by atoms with Crippen LogP contribution in [0.5, 0.6) is 0 Å². The second-order valence-corrected chi connectivity index (χ2v) is 8.60. The van der Waals surface area contributed by atoms with Crippen molar-refractivity contribution in [3.63, 3.8) is 0 Å². The van der Waals surface area contributed by atoms with Crippen LogP contribution in [0.3, 0.4) is 0 Å². The van der Waals surface area contributed by atoms with Gasteiger partial charge in [0, 0.05) is 6.04 Å². The Morgan fingerprint density at radius 1 is 1.12 bits per heavy atom. The molecule has 0 saturated carbocycles. The Morgan fingerprint density at radius 3 is 2.33 bits per heavy atom. The summed E-state index contributed by atoms with van der Waals surface area (Å²) in [5, 5.41) is 0. The maximum Gasteiger partial charge on any atom is 0.240 e. The average molecular weight is 349 g/mol. The zero-order chi connectivity index (χ0) is 18.0. The Balaban J connectivity index is 2.13. The molecule has 2 aromatic carbocycles. The van der Waals surface area contributed by atoms with Crippen LogP contribution in [-0.4, -0.2) is 14.5 Å². The summed E-state index contributed by atoms with van der Waals surface area (Å²) in [6.45, 7) is 7.58. The third-order valence-electron chi connectivity index (χ3n) is 4.17. The van der Waals surface area contributed by atoms with Crippen LogP contribution < -0.4 is 4.72 Å². The van der Waals surface area contributed by atoms with E-state index in [1.807, 2.05) is 37.3 Å². The number of hydrogen-bond acceptors (Lipinski definition) is 2. The fraction of sp³-hybridized carbons (Fsp3) is 0.368. The first-order valence-electron chi connectivity index (χ1n) is 7.96. The van der Waals surface area contributed by atoms with Crippen LogP contribution in [0.15, 0.2) is 53.4 Å². The Labute approximate surface area is 144 Å². The molecule has 0 saturated heterocycles. The maximum atomic E-state index is 13.3. The van der Waals surface area contributed by atoms with Crippen molar-refractivity contribution >= 4 is 10.0 Å².